The smallest absolute Gasteiger partial charge is 0.331 e. The monoisotopic (exact) mass is 447 g/mol. The van der Waals surface area contributed by atoms with Crippen LogP contribution in [0.5, 0.6) is 0 Å². The van der Waals surface area contributed by atoms with E-state index in [9.17, 15) is 22.4 Å². The molecular formula is C19H22ClF4N5O. The Morgan fingerprint density at radius 2 is 1.90 bits per heavy atom. The van der Waals surface area contributed by atoms with E-state index < -0.39 is 35.0 Å². The summed E-state index contributed by atoms with van der Waals surface area (Å²) in [5.74, 6) is -3.82. The average Bonchev–Trinajstić information content (AvgIpc) is 2.71. The fourth-order valence-electron chi connectivity index (χ4n) is 4.35. The quantitative estimate of drug-likeness (QED) is 0.377. The maximum absolute atomic E-state index is 14.4. The van der Waals surface area contributed by atoms with Crippen molar-refractivity contribution in [2.24, 2.45) is 5.73 Å². The lowest BCUT2D eigenvalue weighted by molar-refractivity contribution is -0.129. The molecule has 3 rings (SSSR count). The molecule has 0 spiro atoms. The molecule has 0 unspecified atom stereocenters. The Morgan fingerprint density at radius 3 is 2.47 bits per heavy atom. The topological polar surface area (TPSA) is 97.3 Å². The van der Waals surface area contributed by atoms with Gasteiger partial charge in [-0.1, -0.05) is 11.6 Å². The number of nitrogens with one attached hydrogen (secondary N) is 2. The van der Waals surface area contributed by atoms with Crippen molar-refractivity contribution in [2.45, 2.75) is 43.3 Å². The molecule has 2 aliphatic rings. The summed E-state index contributed by atoms with van der Waals surface area (Å²) < 4.78 is 52.8. The van der Waals surface area contributed by atoms with E-state index in [2.05, 4.69) is 0 Å². The number of hydrogen-bond acceptors (Lipinski definition) is 4. The maximum atomic E-state index is 14.4. The van der Waals surface area contributed by atoms with Gasteiger partial charge in [0, 0.05) is 36.1 Å². The molecule has 0 bridgehead atoms. The van der Waals surface area contributed by atoms with Crippen molar-refractivity contribution in [3.63, 3.8) is 0 Å². The third kappa shape index (κ3) is 4.02. The van der Waals surface area contributed by atoms with Crippen LogP contribution in [0.1, 0.15) is 31.2 Å². The molecule has 1 aliphatic heterocycles. The van der Waals surface area contributed by atoms with Crippen molar-refractivity contribution in [1.29, 1.82) is 10.8 Å². The zero-order chi connectivity index (χ0) is 22.3. The minimum absolute atomic E-state index is 0.0223. The third-order valence-corrected chi connectivity index (χ3v) is 6.31. The number of nitrogens with zero attached hydrogens (tertiary/aromatic N) is 2. The summed E-state index contributed by atoms with van der Waals surface area (Å²) in [5.41, 5.74) is 5.79. The molecule has 1 heterocycles. The first-order valence-corrected chi connectivity index (χ1v) is 9.86. The fourth-order valence-corrected chi connectivity index (χ4v) is 4.52. The van der Waals surface area contributed by atoms with Crippen molar-refractivity contribution in [3.05, 3.63) is 34.6 Å². The summed E-state index contributed by atoms with van der Waals surface area (Å²) in [7, 11) is 0. The molecule has 6 nitrogen and oxygen atoms in total. The Morgan fingerprint density at radius 1 is 1.27 bits per heavy atom. The highest BCUT2D eigenvalue weighted by Crippen LogP contribution is 2.42. The summed E-state index contributed by atoms with van der Waals surface area (Å²) in [4.78, 5) is 14.3. The normalized spacial score (nSPS) is 25.6. The first kappa shape index (κ1) is 22.5. The van der Waals surface area contributed by atoms with E-state index in [1.165, 1.54) is 17.0 Å². The molecule has 2 fully saturated rings. The molecule has 1 saturated heterocycles. The van der Waals surface area contributed by atoms with Gasteiger partial charge < -0.3 is 15.5 Å². The SMILES string of the molecule is N=C1C(=O)N(C2CCC(CN)(c3cc(Cl)ccc3F)CC2)CCN1C(=N)C(F)(F)F. The Kier molecular flexibility index (Phi) is 6.10. The second-order valence-corrected chi connectivity index (χ2v) is 8.12. The lowest BCUT2D eigenvalue weighted by Crippen LogP contribution is -2.61. The summed E-state index contributed by atoms with van der Waals surface area (Å²) in [6.45, 7) is -0.104. The third-order valence-electron chi connectivity index (χ3n) is 6.08. The minimum Gasteiger partial charge on any atom is -0.331 e. The number of nitrogens with two attached hydrogens (primary N) is 1. The van der Waals surface area contributed by atoms with Crippen molar-refractivity contribution < 1.29 is 22.4 Å². The number of hydrogen-bond donors (Lipinski definition) is 3. The number of carbonyl (C=O) groups excluding carboxylic acids is 1. The largest absolute Gasteiger partial charge is 0.449 e. The number of carbonyl (C=O) groups is 1. The van der Waals surface area contributed by atoms with E-state index in [1.54, 1.807) is 6.07 Å². The van der Waals surface area contributed by atoms with E-state index in [-0.39, 0.29) is 25.7 Å². The van der Waals surface area contributed by atoms with Gasteiger partial charge in [0.15, 0.2) is 5.84 Å². The van der Waals surface area contributed by atoms with Gasteiger partial charge in [-0.25, -0.2) is 4.39 Å². The van der Waals surface area contributed by atoms with Gasteiger partial charge >= 0.3 is 6.18 Å². The number of alkyl halides is 3. The van der Waals surface area contributed by atoms with Crippen LogP contribution in [0.15, 0.2) is 18.2 Å². The summed E-state index contributed by atoms with van der Waals surface area (Å²) in [5, 5.41) is 15.4. The molecule has 0 atom stereocenters. The van der Waals surface area contributed by atoms with Crippen LogP contribution in [0.2, 0.25) is 5.02 Å². The highest BCUT2D eigenvalue weighted by Gasteiger charge is 2.46. The predicted octanol–water partition coefficient (Wildman–Crippen LogP) is 3.28. The minimum atomic E-state index is -4.93. The van der Waals surface area contributed by atoms with Crippen LogP contribution in [0, 0.1) is 16.6 Å². The summed E-state index contributed by atoms with van der Waals surface area (Å²) in [6, 6.07) is 4.02. The summed E-state index contributed by atoms with van der Waals surface area (Å²) >= 11 is 6.03. The first-order chi connectivity index (χ1) is 14.0. The zero-order valence-corrected chi connectivity index (χ0v) is 16.8. The number of amidine groups is 2. The van der Waals surface area contributed by atoms with Crippen LogP contribution in [-0.4, -0.2) is 59.2 Å². The Hall–Kier alpha value is -2.20. The van der Waals surface area contributed by atoms with Gasteiger partial charge in [0.2, 0.25) is 5.84 Å². The summed E-state index contributed by atoms with van der Waals surface area (Å²) in [6.07, 6.45) is -3.03. The highest BCUT2D eigenvalue weighted by molar-refractivity contribution is 6.39. The van der Waals surface area contributed by atoms with Crippen LogP contribution in [0.3, 0.4) is 0 Å². The maximum Gasteiger partial charge on any atom is 0.449 e. The van der Waals surface area contributed by atoms with Crippen LogP contribution >= 0.6 is 11.6 Å². The van der Waals surface area contributed by atoms with Crippen molar-refractivity contribution in [1.82, 2.24) is 9.80 Å². The van der Waals surface area contributed by atoms with E-state index in [0.29, 0.717) is 41.2 Å². The highest BCUT2D eigenvalue weighted by atomic mass is 35.5. The predicted molar refractivity (Wildman–Crippen MR) is 104 cm³/mol. The molecule has 4 N–H and O–H groups in total. The molecule has 11 heteroatoms. The Labute approximate surface area is 176 Å². The Bertz CT molecular complexity index is 867. The number of benzene rings is 1. The van der Waals surface area contributed by atoms with Gasteiger partial charge in [0.1, 0.15) is 5.82 Å². The number of piperazine rings is 1. The first-order valence-electron chi connectivity index (χ1n) is 9.48. The van der Waals surface area contributed by atoms with Crippen LogP contribution < -0.4 is 5.73 Å². The van der Waals surface area contributed by atoms with Gasteiger partial charge in [-0.15, -0.1) is 0 Å². The standard InChI is InChI=1S/C19H22ClF4N5O/c20-11-1-2-14(21)13(9-11)18(10-25)5-3-12(4-6-18)28-7-8-29(15(26)16(28)30)17(27)19(22,23)24/h1-2,9,12,26-27H,3-8,10,25H2. The molecule has 0 aromatic heterocycles. The number of halogens is 5. The molecular weight excluding hydrogens is 426 g/mol. The second kappa shape index (κ2) is 8.14. The van der Waals surface area contributed by atoms with Crippen LogP contribution in [0.4, 0.5) is 17.6 Å². The second-order valence-electron chi connectivity index (χ2n) is 7.68. The molecule has 1 amide bonds. The van der Waals surface area contributed by atoms with Gasteiger partial charge in [-0.3, -0.25) is 15.6 Å². The molecule has 164 valence electrons. The molecule has 0 radical (unpaired) electrons. The fraction of sp³-hybridized carbons (Fsp3) is 0.526. The average molecular weight is 448 g/mol. The van der Waals surface area contributed by atoms with Crippen LogP contribution in [-0.2, 0) is 10.2 Å². The van der Waals surface area contributed by atoms with E-state index >= 15 is 0 Å². The van der Waals surface area contributed by atoms with Gasteiger partial charge in [-0.2, -0.15) is 13.2 Å². The molecule has 30 heavy (non-hydrogen) atoms. The van der Waals surface area contributed by atoms with Gasteiger partial charge in [0.05, 0.1) is 0 Å². The Balaban J connectivity index is 1.72. The van der Waals surface area contributed by atoms with Crippen LogP contribution in [0.25, 0.3) is 0 Å². The number of rotatable bonds is 3. The van der Waals surface area contributed by atoms with Gasteiger partial charge in [0.25, 0.3) is 5.91 Å². The number of amides is 1. The van der Waals surface area contributed by atoms with E-state index in [4.69, 9.17) is 28.2 Å². The molecule has 1 aromatic rings. The van der Waals surface area contributed by atoms with E-state index in [0.717, 1.165) is 0 Å². The lowest BCUT2D eigenvalue weighted by Gasteiger charge is -2.46. The van der Waals surface area contributed by atoms with Crippen molar-refractivity contribution in [3.8, 4) is 0 Å². The lowest BCUT2D eigenvalue weighted by atomic mass is 9.67. The van der Waals surface area contributed by atoms with Crippen molar-refractivity contribution in [2.75, 3.05) is 19.6 Å². The molecule has 1 saturated carbocycles. The van der Waals surface area contributed by atoms with Gasteiger partial charge in [-0.05, 0) is 49.4 Å². The van der Waals surface area contributed by atoms with Crippen molar-refractivity contribution >= 4 is 29.2 Å². The van der Waals surface area contributed by atoms with E-state index in [1.807, 2.05) is 0 Å². The molecule has 1 aromatic carbocycles. The zero-order valence-electron chi connectivity index (χ0n) is 16.0. The molecule has 1 aliphatic carbocycles.